The predicted molar refractivity (Wildman–Crippen MR) is 88.3 cm³/mol. The van der Waals surface area contributed by atoms with Crippen LogP contribution in [-0.2, 0) is 9.53 Å². The lowest BCUT2D eigenvalue weighted by Gasteiger charge is -2.27. The molecule has 0 saturated heterocycles. The van der Waals surface area contributed by atoms with Crippen LogP contribution >= 0.6 is 0 Å². The molecule has 1 aromatic carbocycles. The van der Waals surface area contributed by atoms with Crippen LogP contribution in [0.25, 0.3) is 0 Å². The van der Waals surface area contributed by atoms with Crippen LogP contribution in [0.2, 0.25) is 0 Å². The van der Waals surface area contributed by atoms with Crippen LogP contribution in [0.15, 0.2) is 18.2 Å². The zero-order valence-corrected chi connectivity index (χ0v) is 14.2. The van der Waals surface area contributed by atoms with Crippen LogP contribution in [0.1, 0.15) is 39.2 Å². The van der Waals surface area contributed by atoms with Gasteiger partial charge in [-0.15, -0.1) is 0 Å². The van der Waals surface area contributed by atoms with Gasteiger partial charge in [0.1, 0.15) is 17.4 Å². The second-order valence-corrected chi connectivity index (χ2v) is 6.56. The summed E-state index contributed by atoms with van der Waals surface area (Å²) in [5.41, 5.74) is 0.0201. The van der Waals surface area contributed by atoms with Crippen molar-refractivity contribution in [3.05, 3.63) is 23.8 Å². The molecular weight excluding hydrogens is 292 g/mol. The zero-order chi connectivity index (χ0) is 17.0. The number of carbonyl (C=O) groups excluding carboxylic acids is 1. The standard InChI is InChI=1S/C18H24N2O3/c1-12(2)11-23-15-7-8-16(13(9-15)10-19)20-17(21)18(3,22-4)14-5-6-14/h7-9,12,14H,5-6,11H2,1-4H3,(H,20,21)/t18-/m1/s1. The average Bonchev–Trinajstić information content (AvgIpc) is 3.38. The molecule has 2 rings (SSSR count). The second kappa shape index (κ2) is 7.01. The highest BCUT2D eigenvalue weighted by molar-refractivity contribution is 5.98. The molecule has 1 aromatic rings. The van der Waals surface area contributed by atoms with Gasteiger partial charge in [-0.25, -0.2) is 0 Å². The Bertz CT molecular complexity index is 617. The summed E-state index contributed by atoms with van der Waals surface area (Å²) in [6.45, 7) is 6.50. The molecular formula is C18H24N2O3. The minimum absolute atomic E-state index is 0.213. The van der Waals surface area contributed by atoms with Crippen molar-refractivity contribution >= 4 is 11.6 Å². The number of benzene rings is 1. The first kappa shape index (κ1) is 17.3. The van der Waals surface area contributed by atoms with Gasteiger partial charge in [-0.1, -0.05) is 13.8 Å². The monoisotopic (exact) mass is 316 g/mol. The van der Waals surface area contributed by atoms with E-state index in [9.17, 15) is 10.1 Å². The van der Waals surface area contributed by atoms with E-state index in [4.69, 9.17) is 9.47 Å². The first-order chi connectivity index (χ1) is 10.9. The van der Waals surface area contributed by atoms with Gasteiger partial charge < -0.3 is 14.8 Å². The van der Waals surface area contributed by atoms with Crippen molar-refractivity contribution < 1.29 is 14.3 Å². The fourth-order valence-electron chi connectivity index (χ4n) is 2.40. The third kappa shape index (κ3) is 4.02. The smallest absolute Gasteiger partial charge is 0.256 e. The summed E-state index contributed by atoms with van der Waals surface area (Å²) in [5.74, 6) is 1.06. The minimum atomic E-state index is -0.848. The van der Waals surface area contributed by atoms with E-state index in [0.29, 0.717) is 29.5 Å². The summed E-state index contributed by atoms with van der Waals surface area (Å²) in [6, 6.07) is 7.23. The molecule has 23 heavy (non-hydrogen) atoms. The summed E-state index contributed by atoms with van der Waals surface area (Å²) >= 11 is 0. The van der Waals surface area contributed by atoms with Gasteiger partial charge in [0, 0.05) is 7.11 Å². The molecule has 0 radical (unpaired) electrons. The predicted octanol–water partition coefficient (Wildman–Crippen LogP) is 3.35. The van der Waals surface area contributed by atoms with Crippen molar-refractivity contribution in [3.8, 4) is 11.8 Å². The van der Waals surface area contributed by atoms with Crippen molar-refractivity contribution in [2.75, 3.05) is 19.0 Å². The number of ether oxygens (including phenoxy) is 2. The Balaban J connectivity index is 2.13. The highest BCUT2D eigenvalue weighted by atomic mass is 16.5. The number of methoxy groups -OCH3 is 1. The van der Waals surface area contributed by atoms with Crippen LogP contribution in [0.4, 0.5) is 5.69 Å². The molecule has 5 nitrogen and oxygen atoms in total. The number of carbonyl (C=O) groups is 1. The highest BCUT2D eigenvalue weighted by Crippen LogP contribution is 2.42. The summed E-state index contributed by atoms with van der Waals surface area (Å²) in [7, 11) is 1.55. The number of amides is 1. The van der Waals surface area contributed by atoms with E-state index in [1.54, 1.807) is 32.2 Å². The summed E-state index contributed by atoms with van der Waals surface area (Å²) in [5, 5.41) is 12.2. The largest absolute Gasteiger partial charge is 0.493 e. The zero-order valence-electron chi connectivity index (χ0n) is 14.2. The van der Waals surface area contributed by atoms with Crippen molar-refractivity contribution in [1.82, 2.24) is 0 Å². The van der Waals surface area contributed by atoms with Crippen molar-refractivity contribution in [1.29, 1.82) is 5.26 Å². The number of rotatable bonds is 7. The van der Waals surface area contributed by atoms with Crippen LogP contribution in [0.5, 0.6) is 5.75 Å². The first-order valence-corrected chi connectivity index (χ1v) is 7.94. The number of hydrogen-bond donors (Lipinski definition) is 1. The summed E-state index contributed by atoms with van der Waals surface area (Å²) < 4.78 is 11.1. The van der Waals surface area contributed by atoms with E-state index >= 15 is 0 Å². The van der Waals surface area contributed by atoms with Gasteiger partial charge in [-0.2, -0.15) is 5.26 Å². The molecule has 5 heteroatoms. The number of hydrogen-bond acceptors (Lipinski definition) is 4. The van der Waals surface area contributed by atoms with Crippen LogP contribution in [0, 0.1) is 23.2 Å². The van der Waals surface area contributed by atoms with Gasteiger partial charge >= 0.3 is 0 Å². The van der Waals surface area contributed by atoms with Crippen LogP contribution in [-0.4, -0.2) is 25.2 Å². The maximum absolute atomic E-state index is 12.5. The Morgan fingerprint density at radius 3 is 2.70 bits per heavy atom. The molecule has 1 atom stereocenters. The van der Waals surface area contributed by atoms with E-state index in [-0.39, 0.29) is 11.8 Å². The molecule has 0 aliphatic heterocycles. The normalized spacial score (nSPS) is 16.5. The fraction of sp³-hybridized carbons (Fsp3) is 0.556. The number of nitriles is 1. The Hall–Kier alpha value is -2.06. The molecule has 1 N–H and O–H groups in total. The molecule has 1 aliphatic carbocycles. The topological polar surface area (TPSA) is 71.3 Å². The molecule has 0 aromatic heterocycles. The molecule has 1 saturated carbocycles. The Labute approximate surface area is 137 Å². The third-order valence-corrected chi connectivity index (χ3v) is 4.17. The quantitative estimate of drug-likeness (QED) is 0.837. The highest BCUT2D eigenvalue weighted by Gasteiger charge is 2.47. The van der Waals surface area contributed by atoms with Gasteiger partial charge in [0.15, 0.2) is 0 Å². The second-order valence-electron chi connectivity index (χ2n) is 6.56. The summed E-state index contributed by atoms with van der Waals surface area (Å²) in [4.78, 5) is 12.5. The first-order valence-electron chi connectivity index (χ1n) is 7.94. The molecule has 0 spiro atoms. The van der Waals surface area contributed by atoms with Gasteiger partial charge in [0.05, 0.1) is 17.9 Å². The Kier molecular flexibility index (Phi) is 5.27. The molecule has 1 fully saturated rings. The maximum atomic E-state index is 12.5. The van der Waals surface area contributed by atoms with E-state index in [1.165, 1.54) is 0 Å². The lowest BCUT2D eigenvalue weighted by atomic mass is 9.98. The van der Waals surface area contributed by atoms with Gasteiger partial charge in [0.25, 0.3) is 5.91 Å². The van der Waals surface area contributed by atoms with Crippen molar-refractivity contribution in [2.45, 2.75) is 39.2 Å². The summed E-state index contributed by atoms with van der Waals surface area (Å²) in [6.07, 6.45) is 1.98. The third-order valence-electron chi connectivity index (χ3n) is 4.17. The lowest BCUT2D eigenvalue weighted by molar-refractivity contribution is -0.138. The maximum Gasteiger partial charge on any atom is 0.256 e. The fourth-order valence-corrected chi connectivity index (χ4v) is 2.40. The number of anilines is 1. The van der Waals surface area contributed by atoms with Crippen LogP contribution in [0.3, 0.4) is 0 Å². The number of nitrogens with one attached hydrogen (secondary N) is 1. The van der Waals surface area contributed by atoms with E-state index in [2.05, 4.69) is 25.2 Å². The molecule has 1 amide bonds. The van der Waals surface area contributed by atoms with Crippen molar-refractivity contribution in [2.24, 2.45) is 11.8 Å². The minimum Gasteiger partial charge on any atom is -0.493 e. The molecule has 0 bridgehead atoms. The average molecular weight is 316 g/mol. The molecule has 0 unspecified atom stereocenters. The van der Waals surface area contributed by atoms with Gasteiger partial charge in [-0.05, 0) is 49.8 Å². The van der Waals surface area contributed by atoms with Gasteiger partial charge in [0.2, 0.25) is 0 Å². The Morgan fingerprint density at radius 1 is 1.48 bits per heavy atom. The molecule has 0 heterocycles. The Morgan fingerprint density at radius 2 is 2.17 bits per heavy atom. The van der Waals surface area contributed by atoms with Gasteiger partial charge in [-0.3, -0.25) is 4.79 Å². The lowest BCUT2D eigenvalue weighted by Crippen LogP contribution is -2.44. The van der Waals surface area contributed by atoms with E-state index in [0.717, 1.165) is 12.8 Å². The van der Waals surface area contributed by atoms with Crippen LogP contribution < -0.4 is 10.1 Å². The number of nitrogens with zero attached hydrogens (tertiary/aromatic N) is 1. The SMILES string of the molecule is CO[C@@](C)(C(=O)Nc1ccc(OCC(C)C)cc1C#N)C1CC1. The van der Waals surface area contributed by atoms with E-state index in [1.807, 2.05) is 0 Å². The van der Waals surface area contributed by atoms with E-state index < -0.39 is 5.60 Å². The molecule has 124 valence electrons. The van der Waals surface area contributed by atoms with Crippen molar-refractivity contribution in [3.63, 3.8) is 0 Å². The molecule has 1 aliphatic rings.